The highest BCUT2D eigenvalue weighted by Crippen LogP contribution is 2.31. The second kappa shape index (κ2) is 7.40. The molecule has 0 saturated carbocycles. The van der Waals surface area contributed by atoms with Crippen molar-refractivity contribution in [3.05, 3.63) is 48.0 Å². The lowest BCUT2D eigenvalue weighted by molar-refractivity contribution is 0.265. The minimum atomic E-state index is -3.60. The molecule has 28 heavy (non-hydrogen) atoms. The van der Waals surface area contributed by atoms with Gasteiger partial charge >= 0.3 is 0 Å². The van der Waals surface area contributed by atoms with Gasteiger partial charge in [0.1, 0.15) is 11.5 Å². The molecule has 0 aliphatic carbocycles. The van der Waals surface area contributed by atoms with Gasteiger partial charge < -0.3 is 13.7 Å². The van der Waals surface area contributed by atoms with Gasteiger partial charge in [-0.25, -0.2) is 8.42 Å². The van der Waals surface area contributed by atoms with Gasteiger partial charge in [-0.2, -0.15) is 9.29 Å². The van der Waals surface area contributed by atoms with E-state index in [1.165, 1.54) is 4.31 Å². The number of aromatic nitrogens is 2. The van der Waals surface area contributed by atoms with E-state index >= 15 is 0 Å². The summed E-state index contributed by atoms with van der Waals surface area (Å²) in [5.41, 5.74) is 0. The Kier molecular flexibility index (Phi) is 4.94. The number of sulfonamides is 1. The summed E-state index contributed by atoms with van der Waals surface area (Å²) in [5.74, 6) is 2.56. The Morgan fingerprint density at radius 3 is 2.64 bits per heavy atom. The molecule has 1 atom stereocenters. The number of aryl methyl sites for hydroxylation is 1. The number of ether oxygens (including phenoxy) is 1. The molecular weight excluding hydrogens is 382 g/mol. The van der Waals surface area contributed by atoms with Crippen LogP contribution >= 0.6 is 0 Å². The van der Waals surface area contributed by atoms with Gasteiger partial charge in [0.2, 0.25) is 21.7 Å². The van der Waals surface area contributed by atoms with Crippen molar-refractivity contribution in [3.63, 3.8) is 0 Å². The standard InChI is InChI=1S/C19H21N3O5S/c1-13-5-10-17(26-13)18-20-19(27-21-18)14-4-3-11-22(12-14)28(23,24)16-8-6-15(25-2)7-9-16/h5-10,14H,3-4,11-12H2,1-2H3. The molecule has 1 unspecified atom stereocenters. The van der Waals surface area contributed by atoms with E-state index in [-0.39, 0.29) is 10.8 Å². The molecule has 9 heteroatoms. The van der Waals surface area contributed by atoms with Crippen molar-refractivity contribution in [3.8, 4) is 17.3 Å². The first kappa shape index (κ1) is 18.7. The number of benzene rings is 1. The van der Waals surface area contributed by atoms with E-state index in [1.54, 1.807) is 37.4 Å². The molecule has 2 aromatic heterocycles. The molecule has 0 radical (unpaired) electrons. The fraction of sp³-hybridized carbons (Fsp3) is 0.368. The van der Waals surface area contributed by atoms with Gasteiger partial charge in [0, 0.05) is 13.1 Å². The highest BCUT2D eigenvalue weighted by Gasteiger charge is 2.33. The highest BCUT2D eigenvalue weighted by molar-refractivity contribution is 7.89. The summed E-state index contributed by atoms with van der Waals surface area (Å²) in [7, 11) is -2.06. The number of rotatable bonds is 5. The Hall–Kier alpha value is -2.65. The molecule has 148 valence electrons. The predicted molar refractivity (Wildman–Crippen MR) is 100 cm³/mol. The highest BCUT2D eigenvalue weighted by atomic mass is 32.2. The van der Waals surface area contributed by atoms with Crippen molar-refractivity contribution >= 4 is 10.0 Å². The molecule has 1 aromatic carbocycles. The van der Waals surface area contributed by atoms with Crippen LogP contribution in [0.4, 0.5) is 0 Å². The first-order valence-electron chi connectivity index (χ1n) is 9.02. The molecule has 1 aliphatic heterocycles. The molecule has 3 aromatic rings. The summed E-state index contributed by atoms with van der Waals surface area (Å²) in [5, 5.41) is 3.98. The Bertz CT molecular complexity index is 1060. The van der Waals surface area contributed by atoms with Crippen LogP contribution in [0.2, 0.25) is 0 Å². The minimum absolute atomic E-state index is 0.154. The molecule has 0 spiro atoms. The fourth-order valence-corrected chi connectivity index (χ4v) is 4.84. The number of nitrogens with zero attached hydrogens (tertiary/aromatic N) is 3. The van der Waals surface area contributed by atoms with Gasteiger partial charge in [0.15, 0.2) is 5.76 Å². The summed E-state index contributed by atoms with van der Waals surface area (Å²) < 4.78 is 43.5. The van der Waals surface area contributed by atoms with Crippen LogP contribution in [0, 0.1) is 6.92 Å². The number of hydrogen-bond acceptors (Lipinski definition) is 7. The second-order valence-electron chi connectivity index (χ2n) is 6.74. The molecule has 3 heterocycles. The molecular formula is C19H21N3O5S. The maximum Gasteiger partial charge on any atom is 0.243 e. The van der Waals surface area contributed by atoms with E-state index in [4.69, 9.17) is 13.7 Å². The van der Waals surface area contributed by atoms with Gasteiger partial charge in [0.25, 0.3) is 0 Å². The average Bonchev–Trinajstić information content (AvgIpc) is 3.37. The Balaban J connectivity index is 1.53. The van der Waals surface area contributed by atoms with Crippen molar-refractivity contribution in [2.24, 2.45) is 0 Å². The lowest BCUT2D eigenvalue weighted by Gasteiger charge is -2.30. The van der Waals surface area contributed by atoms with Gasteiger partial charge in [-0.15, -0.1) is 0 Å². The van der Waals surface area contributed by atoms with E-state index in [0.29, 0.717) is 36.3 Å². The SMILES string of the molecule is COc1ccc(S(=O)(=O)N2CCCC(c3nc(-c4ccc(C)o4)no3)C2)cc1. The molecule has 0 N–H and O–H groups in total. The van der Waals surface area contributed by atoms with Crippen molar-refractivity contribution < 1.29 is 22.1 Å². The molecule has 1 aliphatic rings. The molecule has 1 saturated heterocycles. The van der Waals surface area contributed by atoms with Crippen molar-refractivity contribution in [1.29, 1.82) is 0 Å². The van der Waals surface area contributed by atoms with Crippen LogP contribution in [0.3, 0.4) is 0 Å². The average molecular weight is 403 g/mol. The van der Waals surface area contributed by atoms with E-state index in [2.05, 4.69) is 10.1 Å². The van der Waals surface area contributed by atoms with E-state index in [1.807, 2.05) is 13.0 Å². The van der Waals surface area contributed by atoms with E-state index in [0.717, 1.165) is 18.6 Å². The van der Waals surface area contributed by atoms with Crippen molar-refractivity contribution in [2.75, 3.05) is 20.2 Å². The van der Waals surface area contributed by atoms with Crippen LogP contribution in [0.5, 0.6) is 5.75 Å². The zero-order valence-electron chi connectivity index (χ0n) is 15.7. The monoisotopic (exact) mass is 403 g/mol. The van der Waals surface area contributed by atoms with E-state index < -0.39 is 10.0 Å². The summed E-state index contributed by atoms with van der Waals surface area (Å²) in [6.45, 7) is 2.60. The third-order valence-corrected chi connectivity index (χ3v) is 6.71. The second-order valence-corrected chi connectivity index (χ2v) is 8.68. The number of methoxy groups -OCH3 is 1. The zero-order valence-corrected chi connectivity index (χ0v) is 16.5. The predicted octanol–water partition coefficient (Wildman–Crippen LogP) is 3.21. The van der Waals surface area contributed by atoms with Crippen LogP contribution in [0.1, 0.15) is 30.4 Å². The van der Waals surface area contributed by atoms with Crippen molar-refractivity contribution in [2.45, 2.75) is 30.6 Å². The Morgan fingerprint density at radius 1 is 1.18 bits per heavy atom. The molecule has 4 rings (SSSR count). The van der Waals surface area contributed by atoms with Gasteiger partial charge in [0.05, 0.1) is 17.9 Å². The number of hydrogen-bond donors (Lipinski definition) is 0. The lowest BCUT2D eigenvalue weighted by Crippen LogP contribution is -2.39. The minimum Gasteiger partial charge on any atom is -0.497 e. The first-order chi connectivity index (χ1) is 13.5. The summed E-state index contributed by atoms with van der Waals surface area (Å²) in [6, 6.07) is 10.0. The summed E-state index contributed by atoms with van der Waals surface area (Å²) in [4.78, 5) is 4.66. The first-order valence-corrected chi connectivity index (χ1v) is 10.5. The maximum atomic E-state index is 13.0. The van der Waals surface area contributed by atoms with Crippen molar-refractivity contribution in [1.82, 2.24) is 14.4 Å². The lowest BCUT2D eigenvalue weighted by atomic mass is 10.00. The third-order valence-electron chi connectivity index (χ3n) is 4.83. The Labute approximate surface area is 163 Å². The fourth-order valence-electron chi connectivity index (χ4n) is 3.31. The molecule has 8 nitrogen and oxygen atoms in total. The van der Waals surface area contributed by atoms with Gasteiger partial charge in [-0.3, -0.25) is 0 Å². The topological polar surface area (TPSA) is 98.7 Å². The summed E-state index contributed by atoms with van der Waals surface area (Å²) in [6.07, 6.45) is 1.51. The normalized spacial score (nSPS) is 18.3. The molecule has 0 amide bonds. The van der Waals surface area contributed by atoms with Crippen LogP contribution in [-0.4, -0.2) is 43.1 Å². The number of furan rings is 1. The zero-order chi connectivity index (χ0) is 19.7. The van der Waals surface area contributed by atoms with Crippen LogP contribution in [-0.2, 0) is 10.0 Å². The van der Waals surface area contributed by atoms with Crippen LogP contribution in [0.25, 0.3) is 11.6 Å². The summed E-state index contributed by atoms with van der Waals surface area (Å²) >= 11 is 0. The van der Waals surface area contributed by atoms with Crippen LogP contribution in [0.15, 0.2) is 50.2 Å². The Morgan fingerprint density at radius 2 is 1.96 bits per heavy atom. The smallest absolute Gasteiger partial charge is 0.243 e. The van der Waals surface area contributed by atoms with E-state index in [9.17, 15) is 8.42 Å². The maximum absolute atomic E-state index is 13.0. The quantitative estimate of drug-likeness (QED) is 0.645. The van der Waals surface area contributed by atoms with Crippen LogP contribution < -0.4 is 4.74 Å². The molecule has 1 fully saturated rings. The number of piperidine rings is 1. The largest absolute Gasteiger partial charge is 0.497 e. The molecule has 0 bridgehead atoms. The van der Waals surface area contributed by atoms with Gasteiger partial charge in [-0.1, -0.05) is 5.16 Å². The third kappa shape index (κ3) is 3.55. The van der Waals surface area contributed by atoms with Gasteiger partial charge in [-0.05, 0) is 56.2 Å².